The zero-order valence-electron chi connectivity index (χ0n) is 17.8. The van der Waals surface area contributed by atoms with Crippen molar-refractivity contribution in [2.24, 2.45) is 0 Å². The molecule has 1 saturated heterocycles. The highest BCUT2D eigenvalue weighted by atomic mass is 32.2. The molecule has 158 valence electrons. The second-order valence-corrected chi connectivity index (χ2v) is 8.60. The molecular weight excluding hydrogens is 396 g/mol. The molecule has 1 aliphatic rings. The van der Waals surface area contributed by atoms with Gasteiger partial charge >= 0.3 is 0 Å². The Kier molecular flexibility index (Phi) is 6.39. The fourth-order valence-corrected chi connectivity index (χ4v) is 4.93. The van der Waals surface area contributed by atoms with Gasteiger partial charge < -0.3 is 13.9 Å². The first-order chi connectivity index (χ1) is 14.6. The minimum atomic E-state index is 0.124. The maximum Gasteiger partial charge on any atom is 0.191 e. The highest BCUT2D eigenvalue weighted by molar-refractivity contribution is 7.99. The maximum absolute atomic E-state index is 13.0. The minimum absolute atomic E-state index is 0.124. The van der Waals surface area contributed by atoms with Crippen molar-refractivity contribution < 1.29 is 9.53 Å². The van der Waals surface area contributed by atoms with Gasteiger partial charge in [0.25, 0.3) is 0 Å². The smallest absolute Gasteiger partial charge is 0.191 e. The standard InChI is InChI=1S/C23H28N4O2S/c1-4-26-22(18-9-6-5-7-10-18)24-25-23(26)30-15-21(28)20-13-16(2)27(17(20)3)14-19-11-8-12-29-19/h5-7,9-10,13,19H,4,8,11-12,14-15H2,1-3H3/t19-/m0/s1. The van der Waals surface area contributed by atoms with E-state index in [-0.39, 0.29) is 11.9 Å². The molecule has 0 spiro atoms. The lowest BCUT2D eigenvalue weighted by atomic mass is 10.2. The van der Waals surface area contributed by atoms with Crippen LogP contribution in [0.2, 0.25) is 0 Å². The molecule has 7 heteroatoms. The van der Waals surface area contributed by atoms with Crippen LogP contribution in [0, 0.1) is 13.8 Å². The molecule has 0 unspecified atom stereocenters. The third kappa shape index (κ3) is 4.23. The van der Waals surface area contributed by atoms with E-state index in [4.69, 9.17) is 4.74 Å². The number of Topliss-reactive ketones (excluding diaryl/α,β-unsaturated/α-hetero) is 1. The summed E-state index contributed by atoms with van der Waals surface area (Å²) in [7, 11) is 0. The van der Waals surface area contributed by atoms with Crippen LogP contribution in [-0.4, -0.2) is 43.6 Å². The molecule has 3 aromatic rings. The van der Waals surface area contributed by atoms with Gasteiger partial charge in [-0.05, 0) is 39.7 Å². The van der Waals surface area contributed by atoms with Gasteiger partial charge in [-0.15, -0.1) is 10.2 Å². The Bertz CT molecular complexity index is 1020. The van der Waals surface area contributed by atoms with E-state index in [0.29, 0.717) is 5.75 Å². The van der Waals surface area contributed by atoms with Crippen molar-refractivity contribution in [2.75, 3.05) is 12.4 Å². The number of nitrogens with zero attached hydrogens (tertiary/aromatic N) is 4. The molecule has 0 amide bonds. The number of carbonyl (C=O) groups excluding carboxylic acids is 1. The van der Waals surface area contributed by atoms with E-state index in [1.165, 1.54) is 11.8 Å². The average Bonchev–Trinajstić information content (AvgIpc) is 3.48. The van der Waals surface area contributed by atoms with Crippen LogP contribution in [0.5, 0.6) is 0 Å². The number of benzene rings is 1. The summed E-state index contributed by atoms with van der Waals surface area (Å²) in [5.74, 6) is 1.30. The van der Waals surface area contributed by atoms with Crippen molar-refractivity contribution in [3.05, 3.63) is 53.3 Å². The fraction of sp³-hybridized carbons (Fsp3) is 0.435. The van der Waals surface area contributed by atoms with Gasteiger partial charge in [-0.3, -0.25) is 4.79 Å². The number of aryl methyl sites for hydroxylation is 1. The lowest BCUT2D eigenvalue weighted by Crippen LogP contribution is -2.17. The van der Waals surface area contributed by atoms with Crippen molar-refractivity contribution in [3.63, 3.8) is 0 Å². The third-order valence-electron chi connectivity index (χ3n) is 5.68. The predicted octanol–water partition coefficient (Wildman–Crippen LogP) is 4.54. The zero-order valence-corrected chi connectivity index (χ0v) is 18.6. The van der Waals surface area contributed by atoms with Crippen molar-refractivity contribution >= 4 is 17.5 Å². The van der Waals surface area contributed by atoms with Crippen LogP contribution in [0.1, 0.15) is 41.5 Å². The molecule has 0 radical (unpaired) electrons. The van der Waals surface area contributed by atoms with Gasteiger partial charge in [-0.1, -0.05) is 42.1 Å². The molecule has 30 heavy (non-hydrogen) atoms. The predicted molar refractivity (Wildman–Crippen MR) is 119 cm³/mol. The summed E-state index contributed by atoms with van der Waals surface area (Å²) in [5, 5.41) is 9.48. The second kappa shape index (κ2) is 9.18. The summed E-state index contributed by atoms with van der Waals surface area (Å²) in [6, 6.07) is 12.0. The number of rotatable bonds is 8. The Morgan fingerprint density at radius 1 is 1.20 bits per heavy atom. The summed E-state index contributed by atoms with van der Waals surface area (Å²) in [6.07, 6.45) is 2.47. The van der Waals surface area contributed by atoms with Gasteiger partial charge in [0.05, 0.1) is 11.9 Å². The first kappa shape index (κ1) is 20.9. The van der Waals surface area contributed by atoms with Gasteiger partial charge in [-0.2, -0.15) is 0 Å². The Morgan fingerprint density at radius 2 is 2.00 bits per heavy atom. The molecule has 0 aliphatic carbocycles. The zero-order chi connectivity index (χ0) is 21.1. The van der Waals surface area contributed by atoms with Gasteiger partial charge in [0, 0.05) is 42.2 Å². The van der Waals surface area contributed by atoms with Crippen LogP contribution >= 0.6 is 11.8 Å². The van der Waals surface area contributed by atoms with Crippen LogP contribution in [0.4, 0.5) is 0 Å². The van der Waals surface area contributed by atoms with Crippen LogP contribution in [0.15, 0.2) is 41.6 Å². The van der Waals surface area contributed by atoms with Crippen molar-refractivity contribution in [3.8, 4) is 11.4 Å². The molecule has 3 heterocycles. The van der Waals surface area contributed by atoms with E-state index in [0.717, 1.165) is 66.0 Å². The molecule has 4 rings (SSSR count). The number of aromatic nitrogens is 4. The monoisotopic (exact) mass is 424 g/mol. The Hall–Kier alpha value is -2.38. The van der Waals surface area contributed by atoms with Crippen LogP contribution in [0.25, 0.3) is 11.4 Å². The lowest BCUT2D eigenvalue weighted by molar-refractivity contribution is 0.0957. The van der Waals surface area contributed by atoms with Gasteiger partial charge in [0.15, 0.2) is 16.8 Å². The molecule has 1 aromatic carbocycles. The molecule has 0 saturated carbocycles. The van der Waals surface area contributed by atoms with Gasteiger partial charge in [0.2, 0.25) is 0 Å². The molecule has 0 bridgehead atoms. The average molecular weight is 425 g/mol. The van der Waals surface area contributed by atoms with Crippen LogP contribution in [0.3, 0.4) is 0 Å². The van der Waals surface area contributed by atoms with Crippen molar-refractivity contribution in [1.82, 2.24) is 19.3 Å². The lowest BCUT2D eigenvalue weighted by Gasteiger charge is -2.14. The molecule has 6 nitrogen and oxygen atoms in total. The maximum atomic E-state index is 13.0. The third-order valence-corrected chi connectivity index (χ3v) is 6.65. The number of hydrogen-bond donors (Lipinski definition) is 0. The Morgan fingerprint density at radius 3 is 2.70 bits per heavy atom. The fourth-order valence-electron chi connectivity index (χ4n) is 4.05. The number of carbonyl (C=O) groups is 1. The van der Waals surface area contributed by atoms with E-state index in [1.807, 2.05) is 43.3 Å². The van der Waals surface area contributed by atoms with E-state index in [2.05, 4.69) is 33.2 Å². The van der Waals surface area contributed by atoms with Crippen LogP contribution < -0.4 is 0 Å². The van der Waals surface area contributed by atoms with Crippen LogP contribution in [-0.2, 0) is 17.8 Å². The van der Waals surface area contributed by atoms with Gasteiger partial charge in [-0.25, -0.2) is 0 Å². The molecule has 0 N–H and O–H groups in total. The summed E-state index contributed by atoms with van der Waals surface area (Å²) in [4.78, 5) is 13.0. The van der Waals surface area contributed by atoms with E-state index in [9.17, 15) is 4.79 Å². The summed E-state index contributed by atoms with van der Waals surface area (Å²) >= 11 is 1.45. The largest absolute Gasteiger partial charge is 0.376 e. The Labute approximate surface area is 181 Å². The number of ketones is 1. The summed E-state index contributed by atoms with van der Waals surface area (Å²) < 4.78 is 10.1. The highest BCUT2D eigenvalue weighted by Gasteiger charge is 2.22. The van der Waals surface area contributed by atoms with E-state index < -0.39 is 0 Å². The molecular formula is C23H28N4O2S. The number of hydrogen-bond acceptors (Lipinski definition) is 5. The normalized spacial score (nSPS) is 16.3. The Balaban J connectivity index is 1.47. The van der Waals surface area contributed by atoms with E-state index in [1.54, 1.807) is 0 Å². The number of thioether (sulfide) groups is 1. The first-order valence-corrected chi connectivity index (χ1v) is 11.5. The first-order valence-electron chi connectivity index (χ1n) is 10.5. The number of ether oxygens (including phenoxy) is 1. The summed E-state index contributed by atoms with van der Waals surface area (Å²) in [5.41, 5.74) is 3.96. The van der Waals surface area contributed by atoms with Gasteiger partial charge in [0.1, 0.15) is 0 Å². The van der Waals surface area contributed by atoms with Crippen molar-refractivity contribution in [1.29, 1.82) is 0 Å². The quantitative estimate of drug-likeness (QED) is 0.392. The molecule has 1 atom stereocenters. The second-order valence-electron chi connectivity index (χ2n) is 7.66. The van der Waals surface area contributed by atoms with E-state index >= 15 is 0 Å². The minimum Gasteiger partial charge on any atom is -0.376 e. The molecule has 1 aliphatic heterocycles. The van der Waals surface area contributed by atoms with Crippen molar-refractivity contribution in [2.45, 2.75) is 58.0 Å². The summed E-state index contributed by atoms with van der Waals surface area (Å²) in [6.45, 7) is 8.58. The molecule has 1 fully saturated rings. The topological polar surface area (TPSA) is 61.9 Å². The molecule has 2 aromatic heterocycles. The highest BCUT2D eigenvalue weighted by Crippen LogP contribution is 2.26. The SMILES string of the molecule is CCn1c(SCC(=O)c2cc(C)n(C[C@@H]3CCCO3)c2C)nnc1-c1ccccc1.